The Morgan fingerprint density at radius 2 is 2.21 bits per heavy atom. The van der Waals surface area contributed by atoms with Crippen LogP contribution in [-0.2, 0) is 0 Å². The van der Waals surface area contributed by atoms with E-state index in [-0.39, 0.29) is 16.7 Å². The predicted molar refractivity (Wildman–Crippen MR) is 51.2 cm³/mol. The number of carbonyl (C=O) groups excluding carboxylic acids is 1. The SMILES string of the molecule is N#Cc1c(C=O)cc(Br)cc1C(=O)O. The van der Waals surface area contributed by atoms with Crippen molar-refractivity contribution in [3.63, 3.8) is 0 Å². The second kappa shape index (κ2) is 4.03. The molecule has 0 bridgehead atoms. The van der Waals surface area contributed by atoms with Crippen LogP contribution in [0.25, 0.3) is 0 Å². The Labute approximate surface area is 87.9 Å². The summed E-state index contributed by atoms with van der Waals surface area (Å²) in [6.07, 6.45) is 0.454. The fraction of sp³-hybridized carbons (Fsp3) is 0. The molecule has 0 radical (unpaired) electrons. The summed E-state index contributed by atoms with van der Waals surface area (Å²) in [4.78, 5) is 21.3. The van der Waals surface area contributed by atoms with Crippen molar-refractivity contribution in [3.05, 3.63) is 33.3 Å². The van der Waals surface area contributed by atoms with Gasteiger partial charge in [-0.1, -0.05) is 15.9 Å². The summed E-state index contributed by atoms with van der Waals surface area (Å²) in [5.74, 6) is -1.23. The van der Waals surface area contributed by atoms with Crippen LogP contribution in [0.4, 0.5) is 0 Å². The molecule has 14 heavy (non-hydrogen) atoms. The molecule has 5 heteroatoms. The van der Waals surface area contributed by atoms with E-state index in [0.717, 1.165) is 0 Å². The monoisotopic (exact) mass is 253 g/mol. The molecule has 1 aromatic rings. The van der Waals surface area contributed by atoms with Crippen LogP contribution in [0.15, 0.2) is 16.6 Å². The molecule has 0 saturated carbocycles. The summed E-state index contributed by atoms with van der Waals surface area (Å²) >= 11 is 3.05. The van der Waals surface area contributed by atoms with Gasteiger partial charge in [-0.15, -0.1) is 0 Å². The molecule has 0 aliphatic carbocycles. The van der Waals surface area contributed by atoms with Crippen molar-refractivity contribution in [1.82, 2.24) is 0 Å². The summed E-state index contributed by atoms with van der Waals surface area (Å²) in [5, 5.41) is 17.4. The van der Waals surface area contributed by atoms with Gasteiger partial charge in [0.1, 0.15) is 6.07 Å². The smallest absolute Gasteiger partial charge is 0.337 e. The van der Waals surface area contributed by atoms with E-state index in [0.29, 0.717) is 10.8 Å². The van der Waals surface area contributed by atoms with E-state index in [1.54, 1.807) is 6.07 Å². The van der Waals surface area contributed by atoms with Gasteiger partial charge in [-0.05, 0) is 12.1 Å². The molecule has 0 spiro atoms. The highest BCUT2D eigenvalue weighted by Gasteiger charge is 2.14. The maximum Gasteiger partial charge on any atom is 0.337 e. The van der Waals surface area contributed by atoms with E-state index in [2.05, 4.69) is 15.9 Å². The molecule has 0 atom stereocenters. The first-order chi connectivity index (χ1) is 6.60. The maximum absolute atomic E-state index is 10.7. The molecule has 0 heterocycles. The normalized spacial score (nSPS) is 9.14. The fourth-order valence-electron chi connectivity index (χ4n) is 1.01. The number of aromatic carboxylic acids is 1. The number of hydrogen-bond donors (Lipinski definition) is 1. The highest BCUT2D eigenvalue weighted by Crippen LogP contribution is 2.20. The molecule has 70 valence electrons. The largest absolute Gasteiger partial charge is 0.478 e. The van der Waals surface area contributed by atoms with Crippen molar-refractivity contribution in [1.29, 1.82) is 5.26 Å². The van der Waals surface area contributed by atoms with Gasteiger partial charge in [0, 0.05) is 10.0 Å². The molecule has 0 aromatic heterocycles. The zero-order valence-corrected chi connectivity index (χ0v) is 8.41. The number of carbonyl (C=O) groups is 2. The minimum atomic E-state index is -1.23. The van der Waals surface area contributed by atoms with Crippen LogP contribution in [0.3, 0.4) is 0 Å². The quantitative estimate of drug-likeness (QED) is 0.816. The van der Waals surface area contributed by atoms with Crippen LogP contribution < -0.4 is 0 Å². The minimum Gasteiger partial charge on any atom is -0.478 e. The molecule has 0 aliphatic rings. The van der Waals surface area contributed by atoms with E-state index in [1.807, 2.05) is 0 Å². The molecule has 4 nitrogen and oxygen atoms in total. The average molecular weight is 254 g/mol. The van der Waals surface area contributed by atoms with Crippen molar-refractivity contribution in [2.24, 2.45) is 0 Å². The van der Waals surface area contributed by atoms with Crippen LogP contribution in [0.1, 0.15) is 26.3 Å². The summed E-state index contributed by atoms with van der Waals surface area (Å²) in [6.45, 7) is 0. The number of nitriles is 1. The van der Waals surface area contributed by atoms with Crippen molar-refractivity contribution in [2.45, 2.75) is 0 Å². The topological polar surface area (TPSA) is 78.2 Å². The number of carboxylic acids is 1. The number of hydrogen-bond acceptors (Lipinski definition) is 3. The lowest BCUT2D eigenvalue weighted by Gasteiger charge is -2.01. The van der Waals surface area contributed by atoms with Gasteiger partial charge in [-0.25, -0.2) is 4.79 Å². The van der Waals surface area contributed by atoms with E-state index in [4.69, 9.17) is 10.4 Å². The molecule has 0 fully saturated rings. The van der Waals surface area contributed by atoms with Crippen LogP contribution in [0.2, 0.25) is 0 Å². The Morgan fingerprint density at radius 3 is 2.64 bits per heavy atom. The highest BCUT2D eigenvalue weighted by atomic mass is 79.9. The Hall–Kier alpha value is -1.67. The minimum absolute atomic E-state index is 0.0688. The molecule has 1 rings (SSSR count). The van der Waals surface area contributed by atoms with Crippen LogP contribution >= 0.6 is 15.9 Å². The summed E-state index contributed by atoms with van der Waals surface area (Å²) in [7, 11) is 0. The van der Waals surface area contributed by atoms with Gasteiger partial charge in [0.05, 0.1) is 11.1 Å². The van der Waals surface area contributed by atoms with Gasteiger partial charge < -0.3 is 5.11 Å². The summed E-state index contributed by atoms with van der Waals surface area (Å²) < 4.78 is 0.455. The number of rotatable bonds is 2. The Morgan fingerprint density at radius 1 is 1.57 bits per heavy atom. The lowest BCUT2D eigenvalue weighted by Crippen LogP contribution is -2.03. The number of halogens is 1. The van der Waals surface area contributed by atoms with Gasteiger partial charge in [-0.3, -0.25) is 4.79 Å². The zero-order valence-electron chi connectivity index (χ0n) is 6.82. The molecule has 1 N–H and O–H groups in total. The third-order valence-corrected chi connectivity index (χ3v) is 2.06. The standard InChI is InChI=1S/C9H4BrNO3/c10-6-1-5(4-12)8(3-11)7(2-6)9(13)14/h1-2,4H,(H,13,14). The highest BCUT2D eigenvalue weighted by molar-refractivity contribution is 9.10. The number of carboxylic acid groups (broad SMARTS) is 1. The number of benzene rings is 1. The maximum atomic E-state index is 10.7. The lowest BCUT2D eigenvalue weighted by atomic mass is 10.0. The third-order valence-electron chi connectivity index (χ3n) is 1.60. The fourth-order valence-corrected chi connectivity index (χ4v) is 1.49. The van der Waals surface area contributed by atoms with Gasteiger partial charge >= 0.3 is 5.97 Å². The molecule has 0 saturated heterocycles. The van der Waals surface area contributed by atoms with Crippen molar-refractivity contribution in [3.8, 4) is 6.07 Å². The van der Waals surface area contributed by atoms with Crippen molar-refractivity contribution in [2.75, 3.05) is 0 Å². The van der Waals surface area contributed by atoms with E-state index >= 15 is 0 Å². The Bertz CT molecular complexity index is 448. The molecule has 0 amide bonds. The van der Waals surface area contributed by atoms with Crippen LogP contribution in [0, 0.1) is 11.3 Å². The molecule has 1 aromatic carbocycles. The zero-order chi connectivity index (χ0) is 10.7. The van der Waals surface area contributed by atoms with Gasteiger partial charge in [0.15, 0.2) is 6.29 Å². The molecule has 0 aliphatic heterocycles. The van der Waals surface area contributed by atoms with E-state index in [9.17, 15) is 9.59 Å². The van der Waals surface area contributed by atoms with Gasteiger partial charge in [-0.2, -0.15) is 5.26 Å². The number of nitrogens with zero attached hydrogens (tertiary/aromatic N) is 1. The van der Waals surface area contributed by atoms with E-state index < -0.39 is 5.97 Å². The first kappa shape index (κ1) is 10.4. The van der Waals surface area contributed by atoms with Crippen LogP contribution in [0.5, 0.6) is 0 Å². The van der Waals surface area contributed by atoms with E-state index in [1.165, 1.54) is 12.1 Å². The van der Waals surface area contributed by atoms with Crippen molar-refractivity contribution >= 4 is 28.2 Å². The predicted octanol–water partition coefficient (Wildman–Crippen LogP) is 1.83. The van der Waals surface area contributed by atoms with Gasteiger partial charge in [0.25, 0.3) is 0 Å². The van der Waals surface area contributed by atoms with Crippen LogP contribution in [-0.4, -0.2) is 17.4 Å². The lowest BCUT2D eigenvalue weighted by molar-refractivity contribution is 0.0696. The second-order valence-electron chi connectivity index (χ2n) is 2.45. The average Bonchev–Trinajstić information content (AvgIpc) is 2.16. The van der Waals surface area contributed by atoms with Crippen molar-refractivity contribution < 1.29 is 14.7 Å². The molecular formula is C9H4BrNO3. The number of aldehydes is 1. The summed E-state index contributed by atoms with van der Waals surface area (Å²) in [6, 6.07) is 4.38. The Balaban J connectivity index is 3.57. The Kier molecular flexibility index (Phi) is 2.99. The first-order valence-electron chi connectivity index (χ1n) is 3.52. The second-order valence-corrected chi connectivity index (χ2v) is 3.37. The first-order valence-corrected chi connectivity index (χ1v) is 4.31. The van der Waals surface area contributed by atoms with Gasteiger partial charge in [0.2, 0.25) is 0 Å². The third kappa shape index (κ3) is 1.80. The molecule has 0 unspecified atom stereocenters. The molecular weight excluding hydrogens is 250 g/mol. The summed E-state index contributed by atoms with van der Waals surface area (Å²) in [5.41, 5.74) is -0.223.